The summed E-state index contributed by atoms with van der Waals surface area (Å²) in [6, 6.07) is 0. The Morgan fingerprint density at radius 3 is 1.93 bits per heavy atom. The van der Waals surface area contributed by atoms with Crippen molar-refractivity contribution in [2.45, 2.75) is 20.3 Å². The summed E-state index contributed by atoms with van der Waals surface area (Å²) in [5, 5.41) is 0. The second-order valence-electron chi connectivity index (χ2n) is 2.93. The van der Waals surface area contributed by atoms with Gasteiger partial charge in [0.1, 0.15) is 0 Å². The Hall–Kier alpha value is -0.710. The quantitative estimate of drug-likeness (QED) is 0.643. The summed E-state index contributed by atoms with van der Waals surface area (Å²) >= 11 is 0. The number of amides is 1. The molecule has 0 saturated carbocycles. The predicted octanol–water partition coefficient (Wildman–Crippen LogP) is 1.05. The molecule has 1 aliphatic rings. The normalized spacial score (nSPS) is 17.7. The number of rotatable bonds is 1. The summed E-state index contributed by atoms with van der Waals surface area (Å²) in [6.45, 7) is 6.19. The number of likely N-dealkylation sites (N-methyl/N-ethyl adjacent to an activating group) is 1. The largest absolute Gasteiger partial charge is 0.335 e. The molecule has 5 heteroatoms. The van der Waals surface area contributed by atoms with Crippen molar-refractivity contribution in [3.8, 4) is 0 Å². The number of hydrogen-bond acceptors (Lipinski definition) is 2. The first-order valence-electron chi connectivity index (χ1n) is 4.86. The fourth-order valence-electron chi connectivity index (χ4n) is 1.16. The highest BCUT2D eigenvalue weighted by Crippen LogP contribution is 2.04. The molecule has 1 aliphatic heterocycles. The molecule has 0 aromatic heterocycles. The summed E-state index contributed by atoms with van der Waals surface area (Å²) in [5.41, 5.74) is 0. The third kappa shape index (κ3) is 4.00. The van der Waals surface area contributed by atoms with Gasteiger partial charge in [0.05, 0.1) is 0 Å². The smallest absolute Gasteiger partial charge is 0.315 e. The number of carbonyl (C=O) groups is 1. The van der Waals surface area contributed by atoms with Gasteiger partial charge in [-0.2, -0.15) is 8.78 Å². The molecular formula is C9H18F2N2O. The van der Waals surface area contributed by atoms with E-state index in [1.807, 2.05) is 25.8 Å². The van der Waals surface area contributed by atoms with Crippen molar-refractivity contribution >= 4 is 5.91 Å². The summed E-state index contributed by atoms with van der Waals surface area (Å²) < 4.78 is 23.8. The number of carbonyl (C=O) groups excluding carboxylic acids is 1. The van der Waals surface area contributed by atoms with Gasteiger partial charge in [-0.05, 0) is 7.05 Å². The van der Waals surface area contributed by atoms with Crippen molar-refractivity contribution in [3.05, 3.63) is 0 Å². The molecule has 0 aromatic carbocycles. The maximum atomic E-state index is 11.9. The summed E-state index contributed by atoms with van der Waals surface area (Å²) in [6.07, 6.45) is -2.85. The van der Waals surface area contributed by atoms with Crippen molar-refractivity contribution in [1.29, 1.82) is 0 Å². The zero-order chi connectivity index (χ0) is 11.1. The lowest BCUT2D eigenvalue weighted by atomic mass is 10.3. The van der Waals surface area contributed by atoms with Gasteiger partial charge in [0.15, 0.2) is 0 Å². The SMILES string of the molecule is CC.CN1CCN(C(=O)C(F)F)CC1. The van der Waals surface area contributed by atoms with Gasteiger partial charge in [-0.3, -0.25) is 4.79 Å². The fraction of sp³-hybridized carbons (Fsp3) is 0.889. The van der Waals surface area contributed by atoms with Crippen molar-refractivity contribution in [2.75, 3.05) is 33.2 Å². The van der Waals surface area contributed by atoms with Crippen LogP contribution in [-0.2, 0) is 4.79 Å². The van der Waals surface area contributed by atoms with Crippen LogP contribution in [0.25, 0.3) is 0 Å². The van der Waals surface area contributed by atoms with Crippen LogP contribution in [0.3, 0.4) is 0 Å². The molecule has 0 aromatic rings. The first kappa shape index (κ1) is 13.3. The fourth-order valence-corrected chi connectivity index (χ4v) is 1.16. The maximum Gasteiger partial charge on any atom is 0.315 e. The van der Waals surface area contributed by atoms with E-state index in [0.29, 0.717) is 26.2 Å². The molecule has 0 N–H and O–H groups in total. The van der Waals surface area contributed by atoms with Crippen LogP contribution in [0.2, 0.25) is 0 Å². The Kier molecular flexibility index (Phi) is 6.36. The van der Waals surface area contributed by atoms with Gasteiger partial charge in [0.2, 0.25) is 0 Å². The van der Waals surface area contributed by atoms with E-state index in [1.165, 1.54) is 4.90 Å². The van der Waals surface area contributed by atoms with Crippen LogP contribution in [0.4, 0.5) is 8.78 Å². The highest BCUT2D eigenvalue weighted by molar-refractivity contribution is 5.79. The Labute approximate surface area is 83.7 Å². The molecule has 1 amide bonds. The zero-order valence-electron chi connectivity index (χ0n) is 8.96. The third-order valence-electron chi connectivity index (χ3n) is 2.00. The number of hydrogen-bond donors (Lipinski definition) is 0. The van der Waals surface area contributed by atoms with Crippen LogP contribution in [0, 0.1) is 0 Å². The van der Waals surface area contributed by atoms with E-state index in [2.05, 4.69) is 0 Å². The van der Waals surface area contributed by atoms with Crippen LogP contribution in [0.1, 0.15) is 13.8 Å². The average Bonchev–Trinajstić information content (AvgIpc) is 2.21. The first-order valence-corrected chi connectivity index (χ1v) is 4.86. The molecule has 0 bridgehead atoms. The standard InChI is InChI=1S/C7H12F2N2O.C2H6/c1-10-2-4-11(5-3-10)7(12)6(8)9;1-2/h6H,2-5H2,1H3;1-2H3. The van der Waals surface area contributed by atoms with E-state index >= 15 is 0 Å². The van der Waals surface area contributed by atoms with Crippen molar-refractivity contribution < 1.29 is 13.6 Å². The molecular weight excluding hydrogens is 190 g/mol. The third-order valence-corrected chi connectivity index (χ3v) is 2.00. The van der Waals surface area contributed by atoms with E-state index in [9.17, 15) is 13.6 Å². The minimum absolute atomic E-state index is 0.416. The lowest BCUT2D eigenvalue weighted by molar-refractivity contribution is -0.144. The average molecular weight is 208 g/mol. The number of alkyl halides is 2. The molecule has 1 fully saturated rings. The minimum Gasteiger partial charge on any atom is -0.335 e. The number of piperazine rings is 1. The molecule has 14 heavy (non-hydrogen) atoms. The van der Waals surface area contributed by atoms with Gasteiger partial charge in [0.25, 0.3) is 5.91 Å². The predicted molar refractivity (Wildman–Crippen MR) is 51.4 cm³/mol. The lowest BCUT2D eigenvalue weighted by Gasteiger charge is -2.32. The first-order chi connectivity index (χ1) is 6.61. The summed E-state index contributed by atoms with van der Waals surface area (Å²) in [7, 11) is 1.91. The molecule has 0 radical (unpaired) electrons. The van der Waals surface area contributed by atoms with E-state index in [4.69, 9.17) is 0 Å². The second kappa shape index (κ2) is 6.70. The van der Waals surface area contributed by atoms with Crippen LogP contribution in [0.15, 0.2) is 0 Å². The van der Waals surface area contributed by atoms with Gasteiger partial charge < -0.3 is 9.80 Å². The Morgan fingerprint density at radius 1 is 1.14 bits per heavy atom. The Balaban J connectivity index is 0.000000791. The van der Waals surface area contributed by atoms with Crippen LogP contribution in [0.5, 0.6) is 0 Å². The maximum absolute atomic E-state index is 11.9. The monoisotopic (exact) mass is 208 g/mol. The van der Waals surface area contributed by atoms with Crippen LogP contribution < -0.4 is 0 Å². The molecule has 1 rings (SSSR count). The van der Waals surface area contributed by atoms with Crippen molar-refractivity contribution in [2.24, 2.45) is 0 Å². The highest BCUT2D eigenvalue weighted by atomic mass is 19.3. The second-order valence-corrected chi connectivity index (χ2v) is 2.93. The van der Waals surface area contributed by atoms with Crippen LogP contribution >= 0.6 is 0 Å². The van der Waals surface area contributed by atoms with Crippen molar-refractivity contribution in [3.63, 3.8) is 0 Å². The van der Waals surface area contributed by atoms with E-state index in [-0.39, 0.29) is 0 Å². The van der Waals surface area contributed by atoms with E-state index in [0.717, 1.165) is 0 Å². The van der Waals surface area contributed by atoms with E-state index in [1.54, 1.807) is 0 Å². The molecule has 0 unspecified atom stereocenters. The van der Waals surface area contributed by atoms with Crippen LogP contribution in [-0.4, -0.2) is 55.4 Å². The van der Waals surface area contributed by atoms with Gasteiger partial charge in [-0.25, -0.2) is 0 Å². The molecule has 3 nitrogen and oxygen atoms in total. The zero-order valence-corrected chi connectivity index (χ0v) is 8.96. The number of nitrogens with zero attached hydrogens (tertiary/aromatic N) is 2. The highest BCUT2D eigenvalue weighted by Gasteiger charge is 2.25. The minimum atomic E-state index is -2.85. The van der Waals surface area contributed by atoms with Gasteiger partial charge in [-0.15, -0.1) is 0 Å². The van der Waals surface area contributed by atoms with Gasteiger partial charge >= 0.3 is 6.43 Å². The number of halogens is 2. The summed E-state index contributed by atoms with van der Waals surface area (Å²) in [4.78, 5) is 14.0. The molecule has 84 valence electrons. The lowest BCUT2D eigenvalue weighted by Crippen LogP contribution is -2.48. The van der Waals surface area contributed by atoms with Gasteiger partial charge in [0, 0.05) is 26.2 Å². The summed E-state index contributed by atoms with van der Waals surface area (Å²) in [5.74, 6) is -1.04. The molecule has 0 spiro atoms. The van der Waals surface area contributed by atoms with E-state index < -0.39 is 12.3 Å². The Morgan fingerprint density at radius 2 is 1.57 bits per heavy atom. The molecule has 1 saturated heterocycles. The Bertz CT molecular complexity index is 168. The molecule has 0 aliphatic carbocycles. The molecule has 0 atom stereocenters. The van der Waals surface area contributed by atoms with Gasteiger partial charge in [-0.1, -0.05) is 13.8 Å². The molecule has 1 heterocycles. The topological polar surface area (TPSA) is 23.6 Å². The van der Waals surface area contributed by atoms with Crippen molar-refractivity contribution in [1.82, 2.24) is 9.80 Å².